The zero-order valence-corrected chi connectivity index (χ0v) is 15.0. The number of hydrogen-bond acceptors (Lipinski definition) is 4. The van der Waals surface area contributed by atoms with Gasteiger partial charge in [0.1, 0.15) is 0 Å². The first-order chi connectivity index (χ1) is 11.9. The van der Waals surface area contributed by atoms with Gasteiger partial charge in [0.05, 0.1) is 23.8 Å². The molecule has 2 aliphatic heterocycles. The Morgan fingerprint density at radius 3 is 2.60 bits per heavy atom. The quantitative estimate of drug-likeness (QED) is 0.855. The Bertz CT molecular complexity index is 733. The van der Waals surface area contributed by atoms with Crippen molar-refractivity contribution >= 4 is 21.7 Å². The van der Waals surface area contributed by atoms with Crippen LogP contribution in [-0.2, 0) is 25.8 Å². The van der Waals surface area contributed by atoms with Gasteiger partial charge in [-0.25, -0.2) is 8.42 Å². The molecule has 0 saturated carbocycles. The van der Waals surface area contributed by atoms with E-state index in [0.29, 0.717) is 25.9 Å². The molecule has 0 aliphatic carbocycles. The van der Waals surface area contributed by atoms with Crippen molar-refractivity contribution < 1.29 is 18.0 Å². The summed E-state index contributed by atoms with van der Waals surface area (Å²) < 4.78 is 23.0. The van der Waals surface area contributed by atoms with Crippen molar-refractivity contribution in [2.24, 2.45) is 5.92 Å². The second-order valence-electron chi connectivity index (χ2n) is 6.95. The molecule has 0 radical (unpaired) electrons. The van der Waals surface area contributed by atoms with Gasteiger partial charge in [-0.15, -0.1) is 0 Å². The highest BCUT2D eigenvalue weighted by atomic mass is 32.2. The zero-order chi connectivity index (χ0) is 17.9. The molecule has 2 amide bonds. The van der Waals surface area contributed by atoms with Crippen LogP contribution < -0.4 is 5.32 Å². The van der Waals surface area contributed by atoms with Crippen LogP contribution in [0.3, 0.4) is 0 Å². The molecule has 3 rings (SSSR count). The van der Waals surface area contributed by atoms with Gasteiger partial charge in [0.25, 0.3) is 0 Å². The highest BCUT2D eigenvalue weighted by Crippen LogP contribution is 2.19. The van der Waals surface area contributed by atoms with Crippen LogP contribution in [0.1, 0.15) is 24.8 Å². The fourth-order valence-corrected chi connectivity index (χ4v) is 5.20. The first-order valence-electron chi connectivity index (χ1n) is 8.75. The maximum Gasteiger partial charge on any atom is 0.227 e. The summed E-state index contributed by atoms with van der Waals surface area (Å²) in [6.45, 7) is 1.09. The number of carbonyl (C=O) groups is 2. The highest BCUT2D eigenvalue weighted by Gasteiger charge is 2.33. The van der Waals surface area contributed by atoms with Crippen LogP contribution in [0.5, 0.6) is 0 Å². The van der Waals surface area contributed by atoms with Crippen molar-refractivity contribution in [1.29, 1.82) is 0 Å². The monoisotopic (exact) mass is 364 g/mol. The maximum absolute atomic E-state index is 12.5. The molecule has 136 valence electrons. The molecule has 2 fully saturated rings. The lowest BCUT2D eigenvalue weighted by molar-refractivity contribution is -0.135. The van der Waals surface area contributed by atoms with Gasteiger partial charge in [-0.1, -0.05) is 30.3 Å². The lowest BCUT2D eigenvalue weighted by Gasteiger charge is -2.32. The fourth-order valence-electron chi connectivity index (χ4n) is 3.53. The standard InChI is InChI=1S/C18H24N2O4S/c21-17(11-14-5-2-1-3-6-14)20-9-4-7-15(12-20)18(22)19-16-8-10-25(23,24)13-16/h1-3,5-6,15-16H,4,7-13H2,(H,19,22). The molecule has 0 bridgehead atoms. The largest absolute Gasteiger partial charge is 0.352 e. The summed E-state index contributed by atoms with van der Waals surface area (Å²) in [5.74, 6) is -0.171. The number of nitrogens with one attached hydrogen (secondary N) is 1. The molecular weight excluding hydrogens is 340 g/mol. The molecule has 7 heteroatoms. The van der Waals surface area contributed by atoms with Gasteiger partial charge in [0.2, 0.25) is 11.8 Å². The van der Waals surface area contributed by atoms with Crippen molar-refractivity contribution in [3.63, 3.8) is 0 Å². The number of benzene rings is 1. The molecule has 25 heavy (non-hydrogen) atoms. The molecule has 0 spiro atoms. The average Bonchev–Trinajstić information content (AvgIpc) is 2.94. The summed E-state index contributed by atoms with van der Waals surface area (Å²) in [4.78, 5) is 26.7. The van der Waals surface area contributed by atoms with Crippen molar-refractivity contribution in [2.75, 3.05) is 24.6 Å². The molecule has 2 saturated heterocycles. The number of likely N-dealkylation sites (tertiary alicyclic amines) is 1. The third kappa shape index (κ3) is 4.81. The second-order valence-corrected chi connectivity index (χ2v) is 9.18. The molecule has 1 aromatic rings. The van der Waals surface area contributed by atoms with E-state index >= 15 is 0 Å². The Morgan fingerprint density at radius 1 is 1.16 bits per heavy atom. The maximum atomic E-state index is 12.5. The number of hydrogen-bond donors (Lipinski definition) is 1. The number of piperidine rings is 1. The normalized spacial score (nSPS) is 25.5. The lowest BCUT2D eigenvalue weighted by atomic mass is 9.96. The Balaban J connectivity index is 1.53. The van der Waals surface area contributed by atoms with Crippen LogP contribution in [-0.4, -0.2) is 55.8 Å². The molecule has 1 N–H and O–H groups in total. The fraction of sp³-hybridized carbons (Fsp3) is 0.556. The molecule has 2 aliphatic rings. The summed E-state index contributed by atoms with van der Waals surface area (Å²) in [6, 6.07) is 9.29. The van der Waals surface area contributed by atoms with E-state index in [4.69, 9.17) is 0 Å². The second kappa shape index (κ2) is 7.56. The SMILES string of the molecule is O=C(NC1CCS(=O)(=O)C1)C1CCCN(C(=O)Cc2ccccc2)C1. The minimum Gasteiger partial charge on any atom is -0.352 e. The van der Waals surface area contributed by atoms with Crippen LogP contribution in [0, 0.1) is 5.92 Å². The predicted molar refractivity (Wildman–Crippen MR) is 94.7 cm³/mol. The lowest BCUT2D eigenvalue weighted by Crippen LogP contribution is -2.48. The predicted octanol–water partition coefficient (Wildman–Crippen LogP) is 0.771. The van der Waals surface area contributed by atoms with E-state index in [1.807, 2.05) is 30.3 Å². The summed E-state index contributed by atoms with van der Waals surface area (Å²) >= 11 is 0. The van der Waals surface area contributed by atoms with Gasteiger partial charge in [-0.2, -0.15) is 0 Å². The van der Waals surface area contributed by atoms with E-state index < -0.39 is 9.84 Å². The van der Waals surface area contributed by atoms with Gasteiger partial charge in [0, 0.05) is 19.1 Å². The van der Waals surface area contributed by atoms with Gasteiger partial charge in [-0.3, -0.25) is 9.59 Å². The Kier molecular flexibility index (Phi) is 5.42. The first-order valence-corrected chi connectivity index (χ1v) is 10.6. The minimum absolute atomic E-state index is 0.0299. The van der Waals surface area contributed by atoms with Crippen molar-refractivity contribution in [3.05, 3.63) is 35.9 Å². The summed E-state index contributed by atoms with van der Waals surface area (Å²) in [7, 11) is -3.01. The van der Waals surface area contributed by atoms with E-state index in [2.05, 4.69) is 5.32 Å². The number of amides is 2. The summed E-state index contributed by atoms with van der Waals surface area (Å²) in [5, 5.41) is 2.86. The zero-order valence-electron chi connectivity index (χ0n) is 14.2. The minimum atomic E-state index is -3.01. The summed E-state index contributed by atoms with van der Waals surface area (Å²) in [6.07, 6.45) is 2.36. The number of rotatable bonds is 4. The van der Waals surface area contributed by atoms with Crippen LogP contribution >= 0.6 is 0 Å². The Hall–Kier alpha value is -1.89. The number of nitrogens with zero attached hydrogens (tertiary/aromatic N) is 1. The van der Waals surface area contributed by atoms with Crippen molar-refractivity contribution in [1.82, 2.24) is 10.2 Å². The van der Waals surface area contributed by atoms with Crippen LogP contribution in [0.2, 0.25) is 0 Å². The molecule has 0 aromatic heterocycles. The van der Waals surface area contributed by atoms with Gasteiger partial charge in [0.15, 0.2) is 9.84 Å². The van der Waals surface area contributed by atoms with E-state index in [9.17, 15) is 18.0 Å². The van der Waals surface area contributed by atoms with Crippen LogP contribution in [0.15, 0.2) is 30.3 Å². The highest BCUT2D eigenvalue weighted by molar-refractivity contribution is 7.91. The van der Waals surface area contributed by atoms with Gasteiger partial charge < -0.3 is 10.2 Å². The average molecular weight is 364 g/mol. The van der Waals surface area contributed by atoms with Crippen LogP contribution in [0.25, 0.3) is 0 Å². The molecule has 2 unspecified atom stereocenters. The molecular formula is C18H24N2O4S. The summed E-state index contributed by atoms with van der Waals surface area (Å²) in [5.41, 5.74) is 0.968. The third-order valence-corrected chi connectivity index (χ3v) is 6.69. The first kappa shape index (κ1) is 17.9. The number of sulfone groups is 1. The van der Waals surface area contributed by atoms with E-state index in [-0.39, 0.29) is 35.3 Å². The van der Waals surface area contributed by atoms with Gasteiger partial charge >= 0.3 is 0 Å². The van der Waals surface area contributed by atoms with E-state index in [0.717, 1.165) is 18.4 Å². The Morgan fingerprint density at radius 2 is 1.92 bits per heavy atom. The smallest absolute Gasteiger partial charge is 0.227 e. The molecule has 6 nitrogen and oxygen atoms in total. The Labute approximate surface area is 148 Å². The van der Waals surface area contributed by atoms with Crippen LogP contribution in [0.4, 0.5) is 0 Å². The molecule has 2 atom stereocenters. The topological polar surface area (TPSA) is 83.6 Å². The number of carbonyl (C=O) groups excluding carboxylic acids is 2. The molecule has 1 aromatic carbocycles. The van der Waals surface area contributed by atoms with Crippen molar-refractivity contribution in [3.8, 4) is 0 Å². The van der Waals surface area contributed by atoms with E-state index in [1.165, 1.54) is 0 Å². The third-order valence-electron chi connectivity index (χ3n) is 4.92. The van der Waals surface area contributed by atoms with Crippen molar-refractivity contribution in [2.45, 2.75) is 31.7 Å². The van der Waals surface area contributed by atoms with E-state index in [1.54, 1.807) is 4.90 Å². The van der Waals surface area contributed by atoms with Gasteiger partial charge in [-0.05, 0) is 24.8 Å². The molecule has 2 heterocycles.